The van der Waals surface area contributed by atoms with Gasteiger partial charge in [0.15, 0.2) is 5.84 Å². The normalized spacial score (nSPS) is 18.3. The van der Waals surface area contributed by atoms with Crippen LogP contribution in [0.1, 0.15) is 17.4 Å². The molecule has 1 aliphatic heterocycles. The van der Waals surface area contributed by atoms with Gasteiger partial charge in [-0.2, -0.15) is 0 Å². The van der Waals surface area contributed by atoms with Crippen molar-refractivity contribution in [2.45, 2.75) is 6.17 Å². The van der Waals surface area contributed by atoms with Crippen LogP contribution in [-0.2, 0) is 0 Å². The lowest BCUT2D eigenvalue weighted by atomic mass is 10.2. The summed E-state index contributed by atoms with van der Waals surface area (Å²) >= 11 is 5.85. The van der Waals surface area contributed by atoms with Crippen molar-refractivity contribution >= 4 is 17.4 Å². The summed E-state index contributed by atoms with van der Waals surface area (Å²) in [6, 6.07) is 7.55. The van der Waals surface area contributed by atoms with Crippen molar-refractivity contribution in [1.29, 1.82) is 0 Å². The second-order valence-corrected chi connectivity index (χ2v) is 4.23. The van der Waals surface area contributed by atoms with Crippen LogP contribution < -0.4 is 10.9 Å². The highest BCUT2D eigenvalue weighted by Gasteiger charge is 2.19. The highest BCUT2D eigenvalue weighted by molar-refractivity contribution is 6.30. The number of aliphatic imine (C=N–C) groups is 1. The monoisotopic (exact) mass is 259 g/mol. The SMILES string of the molecule is Clc1ccc([C@H]2N=C(c3cnccn3)NN2)cc1. The number of nitrogens with zero attached hydrogens (tertiary/aromatic N) is 3. The molecule has 0 spiro atoms. The van der Waals surface area contributed by atoms with Gasteiger partial charge in [0.1, 0.15) is 11.9 Å². The maximum atomic E-state index is 5.85. The Kier molecular flexibility index (Phi) is 2.92. The van der Waals surface area contributed by atoms with Crippen LogP contribution in [-0.4, -0.2) is 15.8 Å². The van der Waals surface area contributed by atoms with Crippen molar-refractivity contribution in [3.63, 3.8) is 0 Å². The lowest BCUT2D eigenvalue weighted by molar-refractivity contribution is 0.575. The highest BCUT2D eigenvalue weighted by atomic mass is 35.5. The molecule has 0 radical (unpaired) electrons. The highest BCUT2D eigenvalue weighted by Crippen LogP contribution is 2.19. The number of hydrogen-bond donors (Lipinski definition) is 2. The Labute approximate surface area is 109 Å². The Bertz CT molecular complexity index is 567. The fourth-order valence-electron chi connectivity index (χ4n) is 1.68. The smallest absolute Gasteiger partial charge is 0.165 e. The Morgan fingerprint density at radius 2 is 1.94 bits per heavy atom. The average molecular weight is 260 g/mol. The summed E-state index contributed by atoms with van der Waals surface area (Å²) in [5.74, 6) is 0.683. The maximum Gasteiger partial charge on any atom is 0.165 e. The first kappa shape index (κ1) is 11.1. The van der Waals surface area contributed by atoms with Gasteiger partial charge < -0.3 is 5.43 Å². The average Bonchev–Trinajstić information content (AvgIpc) is 2.90. The van der Waals surface area contributed by atoms with E-state index in [2.05, 4.69) is 25.8 Å². The number of halogens is 1. The minimum absolute atomic E-state index is 0.140. The van der Waals surface area contributed by atoms with Gasteiger partial charge in [0, 0.05) is 17.4 Å². The van der Waals surface area contributed by atoms with Crippen molar-refractivity contribution < 1.29 is 0 Å². The molecule has 1 aliphatic rings. The number of benzene rings is 1. The van der Waals surface area contributed by atoms with E-state index in [1.807, 2.05) is 24.3 Å². The van der Waals surface area contributed by atoms with Crippen LogP contribution in [0, 0.1) is 0 Å². The largest absolute Gasteiger partial charge is 0.302 e. The number of amidine groups is 1. The molecule has 1 aromatic carbocycles. The van der Waals surface area contributed by atoms with E-state index in [-0.39, 0.29) is 6.17 Å². The first-order valence-electron chi connectivity index (χ1n) is 5.44. The molecule has 6 heteroatoms. The number of rotatable bonds is 2. The van der Waals surface area contributed by atoms with E-state index in [1.54, 1.807) is 18.6 Å². The molecule has 18 heavy (non-hydrogen) atoms. The van der Waals surface area contributed by atoms with E-state index in [0.29, 0.717) is 16.6 Å². The van der Waals surface area contributed by atoms with Crippen LogP contribution in [0.4, 0.5) is 0 Å². The van der Waals surface area contributed by atoms with Crippen LogP contribution in [0.5, 0.6) is 0 Å². The minimum Gasteiger partial charge on any atom is -0.302 e. The summed E-state index contributed by atoms with van der Waals surface area (Å²) in [5.41, 5.74) is 7.82. The summed E-state index contributed by atoms with van der Waals surface area (Å²) in [5, 5.41) is 0.711. The quantitative estimate of drug-likeness (QED) is 0.862. The van der Waals surface area contributed by atoms with E-state index in [4.69, 9.17) is 11.6 Å². The first-order valence-corrected chi connectivity index (χ1v) is 5.82. The second kappa shape index (κ2) is 4.72. The van der Waals surface area contributed by atoms with Gasteiger partial charge in [-0.1, -0.05) is 23.7 Å². The third kappa shape index (κ3) is 2.18. The van der Waals surface area contributed by atoms with Gasteiger partial charge in [-0.3, -0.25) is 4.98 Å². The van der Waals surface area contributed by atoms with E-state index in [1.165, 1.54) is 0 Å². The van der Waals surface area contributed by atoms with Gasteiger partial charge in [-0.05, 0) is 17.7 Å². The van der Waals surface area contributed by atoms with Gasteiger partial charge in [-0.15, -0.1) is 0 Å². The molecule has 0 saturated carbocycles. The van der Waals surface area contributed by atoms with E-state index in [0.717, 1.165) is 5.56 Å². The molecular formula is C12H10ClN5. The molecule has 2 N–H and O–H groups in total. The molecular weight excluding hydrogens is 250 g/mol. The van der Waals surface area contributed by atoms with Crippen molar-refractivity contribution in [3.05, 3.63) is 59.1 Å². The van der Waals surface area contributed by atoms with Gasteiger partial charge in [-0.25, -0.2) is 15.4 Å². The summed E-state index contributed by atoms with van der Waals surface area (Å²) in [6.07, 6.45) is 4.79. The summed E-state index contributed by atoms with van der Waals surface area (Å²) in [4.78, 5) is 12.7. The predicted molar refractivity (Wildman–Crippen MR) is 69.0 cm³/mol. The number of nitrogens with one attached hydrogen (secondary N) is 2. The van der Waals surface area contributed by atoms with Crippen LogP contribution >= 0.6 is 11.6 Å². The van der Waals surface area contributed by atoms with Crippen molar-refractivity contribution in [3.8, 4) is 0 Å². The molecule has 2 heterocycles. The first-order chi connectivity index (χ1) is 8.83. The number of hydrogen-bond acceptors (Lipinski definition) is 5. The van der Waals surface area contributed by atoms with Gasteiger partial charge in [0.05, 0.1) is 6.20 Å². The number of hydrazine groups is 1. The number of aromatic nitrogens is 2. The topological polar surface area (TPSA) is 62.2 Å². The zero-order valence-electron chi connectivity index (χ0n) is 9.34. The molecule has 0 bridgehead atoms. The Hall–Kier alpha value is -1.98. The predicted octanol–water partition coefficient (Wildman–Crippen LogP) is 1.68. The standard InChI is InChI=1S/C12H10ClN5/c13-9-3-1-8(2-4-9)11-16-12(18-17-11)10-7-14-5-6-15-10/h1-7,11,17H,(H,16,18)/t11-/m0/s1. The second-order valence-electron chi connectivity index (χ2n) is 3.79. The Morgan fingerprint density at radius 1 is 1.11 bits per heavy atom. The summed E-state index contributed by atoms with van der Waals surface area (Å²) in [7, 11) is 0. The molecule has 1 atom stereocenters. The van der Waals surface area contributed by atoms with Crippen LogP contribution in [0.15, 0.2) is 47.8 Å². The van der Waals surface area contributed by atoms with Crippen molar-refractivity contribution in [1.82, 2.24) is 20.8 Å². The van der Waals surface area contributed by atoms with Crippen LogP contribution in [0.2, 0.25) is 5.02 Å². The van der Waals surface area contributed by atoms with E-state index >= 15 is 0 Å². The Morgan fingerprint density at radius 3 is 2.67 bits per heavy atom. The minimum atomic E-state index is -0.140. The fourth-order valence-corrected chi connectivity index (χ4v) is 1.81. The third-order valence-electron chi connectivity index (χ3n) is 2.58. The lowest BCUT2D eigenvalue weighted by Gasteiger charge is -2.06. The molecule has 2 aromatic rings. The van der Waals surface area contributed by atoms with Gasteiger partial charge in [0.25, 0.3) is 0 Å². The maximum absolute atomic E-state index is 5.85. The molecule has 0 unspecified atom stereocenters. The van der Waals surface area contributed by atoms with Crippen LogP contribution in [0.25, 0.3) is 0 Å². The van der Waals surface area contributed by atoms with E-state index in [9.17, 15) is 0 Å². The lowest BCUT2D eigenvalue weighted by Crippen LogP contribution is -2.32. The zero-order valence-corrected chi connectivity index (χ0v) is 10.1. The Balaban J connectivity index is 1.85. The fraction of sp³-hybridized carbons (Fsp3) is 0.0833. The molecule has 3 rings (SSSR count). The van der Waals surface area contributed by atoms with Crippen LogP contribution in [0.3, 0.4) is 0 Å². The molecule has 1 aromatic heterocycles. The van der Waals surface area contributed by atoms with E-state index < -0.39 is 0 Å². The van der Waals surface area contributed by atoms with Crippen molar-refractivity contribution in [2.75, 3.05) is 0 Å². The molecule has 90 valence electrons. The molecule has 0 fully saturated rings. The third-order valence-corrected chi connectivity index (χ3v) is 2.83. The molecule has 0 aliphatic carbocycles. The molecule has 0 saturated heterocycles. The molecule has 0 amide bonds. The zero-order chi connectivity index (χ0) is 12.4. The summed E-state index contributed by atoms with van der Waals surface area (Å²) < 4.78 is 0. The molecule has 5 nitrogen and oxygen atoms in total. The summed E-state index contributed by atoms with van der Waals surface area (Å²) in [6.45, 7) is 0. The van der Waals surface area contributed by atoms with Gasteiger partial charge >= 0.3 is 0 Å². The van der Waals surface area contributed by atoms with Gasteiger partial charge in [0.2, 0.25) is 0 Å². The van der Waals surface area contributed by atoms with Crippen molar-refractivity contribution in [2.24, 2.45) is 4.99 Å².